The molecule has 0 bridgehead atoms. The topological polar surface area (TPSA) is 29.5 Å². The zero-order valence-electron chi connectivity index (χ0n) is 10.5. The lowest BCUT2D eigenvalue weighted by atomic mass is 10.0. The van der Waals surface area contributed by atoms with Crippen LogP contribution < -0.4 is 0 Å². The monoisotopic (exact) mass is 334 g/mol. The lowest BCUT2D eigenvalue weighted by molar-refractivity contribution is 0.0808. The van der Waals surface area contributed by atoms with Gasteiger partial charge in [-0.15, -0.1) is 0 Å². The Morgan fingerprint density at radius 2 is 2.21 bits per heavy atom. The molecule has 106 valence electrons. The molecule has 1 N–H and O–H groups in total. The highest BCUT2D eigenvalue weighted by Gasteiger charge is 2.20. The number of ether oxygens (including phenoxy) is 1. The first-order valence-corrected chi connectivity index (χ1v) is 7.29. The SMILES string of the molecule is OC(CCC1CCCO1)Cc1c(F)ccc(Br)c1F. The van der Waals surface area contributed by atoms with Crippen molar-refractivity contribution in [2.24, 2.45) is 0 Å². The Kier molecular flexibility index (Phi) is 5.30. The highest BCUT2D eigenvalue weighted by Crippen LogP contribution is 2.24. The molecule has 1 aliphatic rings. The standard InChI is InChI=1S/C14H17BrF2O2/c15-12-5-6-13(16)11(14(12)17)8-9(18)3-4-10-2-1-7-19-10/h5-6,9-10,18H,1-4,7-8H2. The predicted octanol–water partition coefficient (Wildman–Crippen LogP) is 3.59. The second-order valence-corrected chi connectivity index (χ2v) is 5.75. The largest absolute Gasteiger partial charge is 0.393 e. The van der Waals surface area contributed by atoms with E-state index in [1.807, 2.05) is 0 Å². The van der Waals surface area contributed by atoms with E-state index in [0.717, 1.165) is 25.9 Å². The number of hydrogen-bond donors (Lipinski definition) is 1. The van der Waals surface area contributed by atoms with Gasteiger partial charge in [0, 0.05) is 18.6 Å². The summed E-state index contributed by atoms with van der Waals surface area (Å²) in [6, 6.07) is 2.53. The molecule has 2 atom stereocenters. The van der Waals surface area contributed by atoms with Gasteiger partial charge in [-0.25, -0.2) is 8.78 Å². The Morgan fingerprint density at radius 1 is 1.42 bits per heavy atom. The van der Waals surface area contributed by atoms with Crippen LogP contribution in [0.1, 0.15) is 31.2 Å². The summed E-state index contributed by atoms with van der Waals surface area (Å²) in [7, 11) is 0. The van der Waals surface area contributed by atoms with Crippen LogP contribution in [-0.2, 0) is 11.2 Å². The van der Waals surface area contributed by atoms with Crippen LogP contribution in [0.15, 0.2) is 16.6 Å². The lowest BCUT2D eigenvalue weighted by Crippen LogP contribution is -2.16. The van der Waals surface area contributed by atoms with Gasteiger partial charge in [-0.2, -0.15) is 0 Å². The summed E-state index contributed by atoms with van der Waals surface area (Å²) in [4.78, 5) is 0. The van der Waals surface area contributed by atoms with Crippen LogP contribution >= 0.6 is 15.9 Å². The number of aliphatic hydroxyl groups is 1. The van der Waals surface area contributed by atoms with Crippen molar-refractivity contribution in [3.8, 4) is 0 Å². The van der Waals surface area contributed by atoms with Gasteiger partial charge in [-0.1, -0.05) is 0 Å². The Morgan fingerprint density at radius 3 is 2.89 bits per heavy atom. The molecular formula is C14H17BrF2O2. The molecule has 2 unspecified atom stereocenters. The fourth-order valence-corrected chi connectivity index (χ4v) is 2.72. The predicted molar refractivity (Wildman–Crippen MR) is 72.0 cm³/mol. The Bertz CT molecular complexity index is 434. The normalized spacial score (nSPS) is 20.7. The van der Waals surface area contributed by atoms with Crippen molar-refractivity contribution < 1.29 is 18.6 Å². The fraction of sp³-hybridized carbons (Fsp3) is 0.571. The molecule has 1 saturated heterocycles. The summed E-state index contributed by atoms with van der Waals surface area (Å²) < 4.78 is 32.9. The van der Waals surface area contributed by atoms with Crippen LogP contribution in [0.25, 0.3) is 0 Å². The summed E-state index contributed by atoms with van der Waals surface area (Å²) in [5.41, 5.74) is -0.0609. The molecule has 1 aliphatic heterocycles. The highest BCUT2D eigenvalue weighted by molar-refractivity contribution is 9.10. The summed E-state index contributed by atoms with van der Waals surface area (Å²) >= 11 is 3.02. The molecule has 5 heteroatoms. The maximum Gasteiger partial charge on any atom is 0.143 e. The molecule has 1 fully saturated rings. The van der Waals surface area contributed by atoms with Crippen molar-refractivity contribution in [2.45, 2.75) is 44.3 Å². The van der Waals surface area contributed by atoms with Crippen molar-refractivity contribution in [1.82, 2.24) is 0 Å². The van der Waals surface area contributed by atoms with E-state index < -0.39 is 17.7 Å². The first-order valence-electron chi connectivity index (χ1n) is 6.50. The van der Waals surface area contributed by atoms with E-state index in [0.29, 0.717) is 6.42 Å². The molecule has 19 heavy (non-hydrogen) atoms. The van der Waals surface area contributed by atoms with Gasteiger partial charge in [0.25, 0.3) is 0 Å². The zero-order chi connectivity index (χ0) is 13.8. The summed E-state index contributed by atoms with van der Waals surface area (Å²) in [6.07, 6.45) is 2.72. The van der Waals surface area contributed by atoms with Gasteiger partial charge >= 0.3 is 0 Å². The van der Waals surface area contributed by atoms with Gasteiger partial charge in [0.2, 0.25) is 0 Å². The average molecular weight is 335 g/mol. The van der Waals surface area contributed by atoms with Crippen molar-refractivity contribution in [3.63, 3.8) is 0 Å². The Hall–Kier alpha value is -0.520. The summed E-state index contributed by atoms with van der Waals surface area (Å²) in [5, 5.41) is 9.90. The quantitative estimate of drug-likeness (QED) is 0.834. The van der Waals surface area contributed by atoms with E-state index in [1.165, 1.54) is 12.1 Å². The minimum absolute atomic E-state index is 0.0101. The molecule has 0 aliphatic carbocycles. The molecule has 0 radical (unpaired) electrons. The third-order valence-corrected chi connectivity index (χ3v) is 4.04. The number of benzene rings is 1. The van der Waals surface area contributed by atoms with Gasteiger partial charge in [-0.3, -0.25) is 0 Å². The van der Waals surface area contributed by atoms with E-state index in [4.69, 9.17) is 4.74 Å². The van der Waals surface area contributed by atoms with Crippen molar-refractivity contribution >= 4 is 15.9 Å². The van der Waals surface area contributed by atoms with Crippen molar-refractivity contribution in [2.75, 3.05) is 6.61 Å². The second-order valence-electron chi connectivity index (χ2n) is 4.89. The van der Waals surface area contributed by atoms with E-state index in [9.17, 15) is 13.9 Å². The minimum atomic E-state index is -0.748. The third-order valence-electron chi connectivity index (χ3n) is 3.42. The first-order chi connectivity index (χ1) is 9.08. The molecule has 0 spiro atoms. The molecule has 2 nitrogen and oxygen atoms in total. The average Bonchev–Trinajstić information content (AvgIpc) is 2.90. The molecule has 0 aromatic heterocycles. The molecule has 1 aromatic carbocycles. The molecule has 0 amide bonds. The van der Waals surface area contributed by atoms with Crippen LogP contribution in [0.5, 0.6) is 0 Å². The summed E-state index contributed by atoms with van der Waals surface area (Å²) in [6.45, 7) is 0.773. The molecule has 1 aromatic rings. The molecular weight excluding hydrogens is 318 g/mol. The van der Waals surface area contributed by atoms with E-state index in [1.54, 1.807) is 0 Å². The van der Waals surface area contributed by atoms with E-state index >= 15 is 0 Å². The van der Waals surface area contributed by atoms with Gasteiger partial charge < -0.3 is 9.84 Å². The maximum atomic E-state index is 13.7. The van der Waals surface area contributed by atoms with Gasteiger partial charge in [-0.05, 0) is 53.7 Å². The summed E-state index contributed by atoms with van der Waals surface area (Å²) in [5.74, 6) is -1.24. The highest BCUT2D eigenvalue weighted by atomic mass is 79.9. The number of aliphatic hydroxyl groups excluding tert-OH is 1. The van der Waals surface area contributed by atoms with Crippen LogP contribution in [0.4, 0.5) is 8.78 Å². The van der Waals surface area contributed by atoms with Crippen LogP contribution in [0.2, 0.25) is 0 Å². The van der Waals surface area contributed by atoms with Crippen LogP contribution in [-0.4, -0.2) is 23.9 Å². The molecule has 1 heterocycles. The van der Waals surface area contributed by atoms with Crippen LogP contribution in [0.3, 0.4) is 0 Å². The Labute approximate surface area is 119 Å². The fourth-order valence-electron chi connectivity index (χ4n) is 2.34. The molecule has 0 saturated carbocycles. The zero-order valence-corrected chi connectivity index (χ0v) is 12.1. The number of rotatable bonds is 5. The minimum Gasteiger partial charge on any atom is -0.393 e. The third kappa shape index (κ3) is 3.97. The second kappa shape index (κ2) is 6.77. The van der Waals surface area contributed by atoms with E-state index in [-0.39, 0.29) is 22.6 Å². The van der Waals surface area contributed by atoms with Gasteiger partial charge in [0.15, 0.2) is 0 Å². The number of hydrogen-bond acceptors (Lipinski definition) is 2. The first kappa shape index (κ1) is 14.9. The van der Waals surface area contributed by atoms with E-state index in [2.05, 4.69) is 15.9 Å². The Balaban J connectivity index is 1.91. The maximum absolute atomic E-state index is 13.7. The smallest absolute Gasteiger partial charge is 0.143 e. The van der Waals surface area contributed by atoms with Gasteiger partial charge in [0.1, 0.15) is 11.6 Å². The molecule has 2 rings (SSSR count). The number of halogens is 3. The lowest BCUT2D eigenvalue weighted by Gasteiger charge is -2.15. The van der Waals surface area contributed by atoms with Crippen LogP contribution in [0, 0.1) is 11.6 Å². The van der Waals surface area contributed by atoms with Gasteiger partial charge in [0.05, 0.1) is 16.7 Å². The van der Waals surface area contributed by atoms with Crippen molar-refractivity contribution in [3.05, 3.63) is 33.8 Å². The van der Waals surface area contributed by atoms with Crippen molar-refractivity contribution in [1.29, 1.82) is 0 Å².